The van der Waals surface area contributed by atoms with Crippen molar-refractivity contribution < 1.29 is 22.7 Å². The summed E-state index contributed by atoms with van der Waals surface area (Å²) >= 11 is 1.08. The van der Waals surface area contributed by atoms with Gasteiger partial charge in [-0.05, 0) is 6.07 Å². The van der Waals surface area contributed by atoms with Gasteiger partial charge in [-0.25, -0.2) is 13.2 Å². The van der Waals surface area contributed by atoms with E-state index in [0.29, 0.717) is 10.1 Å². The van der Waals surface area contributed by atoms with Crippen LogP contribution < -0.4 is 0 Å². The molecule has 2 heterocycles. The molecule has 0 saturated heterocycles. The second kappa shape index (κ2) is 4.62. The van der Waals surface area contributed by atoms with Crippen LogP contribution in [0.2, 0.25) is 0 Å². The molecular weight excluding hydrogens is 314 g/mol. The lowest BCUT2D eigenvalue weighted by Crippen LogP contribution is -2.51. The maximum atomic E-state index is 12.6. The van der Waals surface area contributed by atoms with Crippen molar-refractivity contribution in [1.29, 1.82) is 0 Å². The third kappa shape index (κ3) is 1.83. The predicted octanol–water partition coefficient (Wildman–Crippen LogP) is 1.26. The van der Waals surface area contributed by atoms with Gasteiger partial charge in [0.1, 0.15) is 4.90 Å². The summed E-state index contributed by atoms with van der Waals surface area (Å²) in [5, 5.41) is 0.501. The van der Waals surface area contributed by atoms with Crippen molar-refractivity contribution in [1.82, 2.24) is 4.31 Å². The number of sulfonamides is 1. The zero-order chi connectivity index (χ0) is 15.4. The van der Waals surface area contributed by atoms with Crippen molar-refractivity contribution >= 4 is 43.2 Å². The molecule has 0 N–H and O–H groups in total. The van der Waals surface area contributed by atoms with Crippen LogP contribution in [0.1, 0.15) is 9.67 Å². The number of esters is 1. The molecule has 0 saturated carbocycles. The van der Waals surface area contributed by atoms with E-state index in [1.807, 2.05) is 0 Å². The summed E-state index contributed by atoms with van der Waals surface area (Å²) < 4.78 is 31.3. The smallest absolute Gasteiger partial charge is 0.332 e. The van der Waals surface area contributed by atoms with Gasteiger partial charge in [-0.3, -0.25) is 4.79 Å². The highest BCUT2D eigenvalue weighted by Gasteiger charge is 2.48. The molecule has 0 aliphatic carbocycles. The van der Waals surface area contributed by atoms with Crippen molar-refractivity contribution in [3.63, 3.8) is 0 Å². The van der Waals surface area contributed by atoms with Crippen LogP contribution in [0.25, 0.3) is 10.1 Å². The van der Waals surface area contributed by atoms with Crippen molar-refractivity contribution in [3.05, 3.63) is 29.1 Å². The summed E-state index contributed by atoms with van der Waals surface area (Å²) in [5.74, 6) is -1.43. The van der Waals surface area contributed by atoms with Crippen LogP contribution in [0.4, 0.5) is 0 Å². The highest BCUT2D eigenvalue weighted by Crippen LogP contribution is 2.40. The van der Waals surface area contributed by atoms with E-state index in [1.165, 1.54) is 7.05 Å². The molecule has 6 nitrogen and oxygen atoms in total. The first kappa shape index (κ1) is 14.2. The second-order valence-corrected chi connectivity index (χ2v) is 7.55. The number of carbonyl (C=O) groups excluding carboxylic acids is 2. The lowest BCUT2D eigenvalue weighted by molar-refractivity contribution is -0.143. The molecule has 1 aromatic heterocycles. The van der Waals surface area contributed by atoms with E-state index in [4.69, 9.17) is 0 Å². The van der Waals surface area contributed by atoms with Crippen LogP contribution >= 0.6 is 11.3 Å². The molecule has 3 rings (SSSR count). The summed E-state index contributed by atoms with van der Waals surface area (Å²) in [4.78, 5) is 24.3. The summed E-state index contributed by atoms with van der Waals surface area (Å²) in [6.07, 6.45) is 0. The van der Waals surface area contributed by atoms with Gasteiger partial charge in [0.05, 0.1) is 12.0 Å². The minimum absolute atomic E-state index is 0.0178. The van der Waals surface area contributed by atoms with Crippen LogP contribution in [0, 0.1) is 0 Å². The molecule has 21 heavy (non-hydrogen) atoms. The van der Waals surface area contributed by atoms with Crippen LogP contribution in [0.15, 0.2) is 29.2 Å². The number of hydrogen-bond acceptors (Lipinski definition) is 6. The number of Topliss-reactive ketones (excluding diaryl/α,β-unsaturated/α-hetero) is 1. The average molecular weight is 325 g/mol. The number of thiophene rings is 1. The molecule has 1 aliphatic heterocycles. The Labute approximate surface area is 125 Å². The van der Waals surface area contributed by atoms with Crippen molar-refractivity contribution in [3.8, 4) is 0 Å². The third-order valence-electron chi connectivity index (χ3n) is 3.45. The fraction of sp³-hybridized carbons (Fsp3) is 0.231. The number of nitrogens with zero attached hydrogens (tertiary/aromatic N) is 1. The van der Waals surface area contributed by atoms with E-state index < -0.39 is 27.8 Å². The van der Waals surface area contributed by atoms with Crippen LogP contribution in [-0.4, -0.2) is 44.7 Å². The van der Waals surface area contributed by atoms with E-state index in [1.54, 1.807) is 24.3 Å². The van der Waals surface area contributed by atoms with Gasteiger partial charge in [-0.1, -0.05) is 18.2 Å². The van der Waals surface area contributed by atoms with E-state index in [0.717, 1.165) is 22.8 Å². The summed E-state index contributed by atoms with van der Waals surface area (Å²) in [7, 11) is -1.59. The Morgan fingerprint density at radius 2 is 2.00 bits per heavy atom. The van der Waals surface area contributed by atoms with Crippen molar-refractivity contribution in [2.75, 3.05) is 14.2 Å². The molecule has 1 aliphatic rings. The first-order valence-corrected chi connectivity index (χ1v) is 8.27. The SMILES string of the molecule is COC(=O)C1C(=O)c2sc3ccccc3c2S(=O)(=O)N1C. The van der Waals surface area contributed by atoms with Gasteiger partial charge in [0.2, 0.25) is 15.8 Å². The first-order valence-electron chi connectivity index (χ1n) is 6.01. The fourth-order valence-electron chi connectivity index (χ4n) is 2.38. The monoisotopic (exact) mass is 325 g/mol. The third-order valence-corrected chi connectivity index (χ3v) is 6.67. The molecule has 0 radical (unpaired) electrons. The van der Waals surface area contributed by atoms with Gasteiger partial charge in [0, 0.05) is 17.1 Å². The number of fused-ring (bicyclic) bond motifs is 3. The zero-order valence-electron chi connectivity index (χ0n) is 11.2. The van der Waals surface area contributed by atoms with Gasteiger partial charge in [0.15, 0.2) is 6.04 Å². The summed E-state index contributed by atoms with van der Waals surface area (Å²) in [6, 6.07) is 5.42. The Bertz CT molecular complexity index is 868. The molecule has 0 amide bonds. The van der Waals surface area contributed by atoms with Gasteiger partial charge in [-0.15, -0.1) is 11.3 Å². The normalized spacial score (nSPS) is 21.2. The molecule has 8 heteroatoms. The lowest BCUT2D eigenvalue weighted by atomic mass is 10.1. The quantitative estimate of drug-likeness (QED) is 0.582. The lowest BCUT2D eigenvalue weighted by Gasteiger charge is -2.28. The highest BCUT2D eigenvalue weighted by molar-refractivity contribution is 7.89. The van der Waals surface area contributed by atoms with Crippen molar-refractivity contribution in [2.24, 2.45) is 0 Å². The molecule has 1 aromatic carbocycles. The number of carbonyl (C=O) groups is 2. The van der Waals surface area contributed by atoms with E-state index in [2.05, 4.69) is 4.74 Å². The van der Waals surface area contributed by atoms with Crippen molar-refractivity contribution in [2.45, 2.75) is 10.9 Å². The number of ether oxygens (including phenoxy) is 1. The van der Waals surface area contributed by atoms with E-state index >= 15 is 0 Å². The summed E-state index contributed by atoms with van der Waals surface area (Å²) in [5.41, 5.74) is 0. The maximum Gasteiger partial charge on any atom is 0.332 e. The standard InChI is InChI=1S/C13H11NO5S2/c1-14-9(13(16)19-2)10(15)11-12(21(14,17)18)7-5-3-4-6-8(7)20-11/h3-6,9H,1-2H3. The molecule has 1 unspecified atom stereocenters. The summed E-state index contributed by atoms with van der Waals surface area (Å²) in [6.45, 7) is 0. The van der Waals surface area contributed by atoms with Gasteiger partial charge in [-0.2, -0.15) is 4.31 Å². The van der Waals surface area contributed by atoms with Gasteiger partial charge < -0.3 is 4.74 Å². The van der Waals surface area contributed by atoms with Crippen LogP contribution in [0.5, 0.6) is 0 Å². The average Bonchev–Trinajstić information content (AvgIpc) is 2.86. The Hall–Kier alpha value is -1.77. The molecular formula is C13H11NO5S2. The number of hydrogen-bond donors (Lipinski definition) is 0. The highest BCUT2D eigenvalue weighted by atomic mass is 32.2. The van der Waals surface area contributed by atoms with E-state index in [9.17, 15) is 18.0 Å². The number of likely N-dealkylation sites (N-methyl/N-ethyl adjacent to an activating group) is 1. The van der Waals surface area contributed by atoms with Crippen LogP contribution in [-0.2, 0) is 19.6 Å². The van der Waals surface area contributed by atoms with E-state index in [-0.39, 0.29) is 9.77 Å². The first-order chi connectivity index (χ1) is 9.89. The van der Waals surface area contributed by atoms with Gasteiger partial charge in [0.25, 0.3) is 0 Å². The number of benzene rings is 1. The topological polar surface area (TPSA) is 80.8 Å². The Balaban J connectivity index is 2.36. The molecule has 0 spiro atoms. The Kier molecular flexibility index (Phi) is 3.12. The largest absolute Gasteiger partial charge is 0.467 e. The maximum absolute atomic E-state index is 12.6. The molecule has 0 fully saturated rings. The second-order valence-electron chi connectivity index (χ2n) is 4.57. The Morgan fingerprint density at radius 1 is 1.33 bits per heavy atom. The number of methoxy groups -OCH3 is 1. The molecule has 110 valence electrons. The van der Waals surface area contributed by atoms with Crippen LogP contribution in [0.3, 0.4) is 0 Å². The van der Waals surface area contributed by atoms with Gasteiger partial charge >= 0.3 is 5.97 Å². The minimum Gasteiger partial charge on any atom is -0.467 e. The minimum atomic E-state index is -3.92. The predicted molar refractivity (Wildman–Crippen MR) is 76.9 cm³/mol. The molecule has 1 atom stereocenters. The number of rotatable bonds is 1. The zero-order valence-corrected chi connectivity index (χ0v) is 12.8. The number of ketones is 1. The Morgan fingerprint density at radius 3 is 2.67 bits per heavy atom. The molecule has 0 bridgehead atoms. The fourth-order valence-corrected chi connectivity index (χ4v) is 5.48. The molecule has 2 aromatic rings.